The Morgan fingerprint density at radius 3 is 2.87 bits per heavy atom. The van der Waals surface area contributed by atoms with Gasteiger partial charge in [0.2, 0.25) is 0 Å². The second-order valence-corrected chi connectivity index (χ2v) is 6.88. The summed E-state index contributed by atoms with van der Waals surface area (Å²) in [5.74, 6) is 0.593. The van der Waals surface area contributed by atoms with E-state index in [1.807, 2.05) is 24.4 Å². The maximum absolute atomic E-state index is 12.8. The summed E-state index contributed by atoms with van der Waals surface area (Å²) in [5, 5.41) is 2.50. The van der Waals surface area contributed by atoms with Gasteiger partial charge in [-0.3, -0.25) is 4.79 Å². The summed E-state index contributed by atoms with van der Waals surface area (Å²) in [4.78, 5) is 29.8. The zero-order valence-electron chi connectivity index (χ0n) is 13.5. The topological polar surface area (TPSA) is 62.2 Å². The fraction of sp³-hybridized carbons (Fsp3) is 0.500. The minimum absolute atomic E-state index is 0.0231. The number of nitrogens with zero attached hydrogens (tertiary/aromatic N) is 5. The highest BCUT2D eigenvalue weighted by molar-refractivity contribution is 7.13. The smallest absolute Gasteiger partial charge is 0.273 e. The maximum Gasteiger partial charge on any atom is 0.273 e. The molecular weight excluding hydrogens is 310 g/mol. The summed E-state index contributed by atoms with van der Waals surface area (Å²) < 4.78 is 0. The van der Waals surface area contributed by atoms with Crippen LogP contribution in [0.3, 0.4) is 0 Å². The molecule has 0 aromatic carbocycles. The molecule has 0 spiro atoms. The van der Waals surface area contributed by atoms with E-state index in [9.17, 15) is 4.79 Å². The van der Waals surface area contributed by atoms with Crippen LogP contribution >= 0.6 is 11.3 Å². The average molecular weight is 331 g/mol. The summed E-state index contributed by atoms with van der Waals surface area (Å²) in [6.45, 7) is 1.70. The van der Waals surface area contributed by atoms with Crippen molar-refractivity contribution < 1.29 is 4.79 Å². The van der Waals surface area contributed by atoms with Gasteiger partial charge in [-0.15, -0.1) is 11.3 Å². The third kappa shape index (κ3) is 3.73. The summed E-state index contributed by atoms with van der Waals surface area (Å²) in [5.41, 5.74) is 0.503. The van der Waals surface area contributed by atoms with Crippen molar-refractivity contribution in [2.75, 3.05) is 27.2 Å². The number of likely N-dealkylation sites (tertiary alicyclic amines) is 1. The molecule has 1 aliphatic rings. The number of piperidine rings is 1. The van der Waals surface area contributed by atoms with E-state index in [0.29, 0.717) is 16.5 Å². The molecule has 1 aliphatic heterocycles. The number of carbonyl (C=O) groups is 1. The lowest BCUT2D eigenvalue weighted by Crippen LogP contribution is -2.48. The van der Waals surface area contributed by atoms with Crippen LogP contribution in [0.2, 0.25) is 0 Å². The van der Waals surface area contributed by atoms with Crippen molar-refractivity contribution in [2.24, 2.45) is 0 Å². The van der Waals surface area contributed by atoms with Crippen molar-refractivity contribution in [3.8, 4) is 10.8 Å². The van der Waals surface area contributed by atoms with Crippen molar-refractivity contribution in [1.82, 2.24) is 24.8 Å². The fourth-order valence-electron chi connectivity index (χ4n) is 2.91. The van der Waals surface area contributed by atoms with Crippen LogP contribution in [0.4, 0.5) is 0 Å². The highest BCUT2D eigenvalue weighted by atomic mass is 32.1. The van der Waals surface area contributed by atoms with Gasteiger partial charge in [-0.2, -0.15) is 0 Å². The number of likely N-dealkylation sites (N-methyl/N-ethyl adjacent to an activating group) is 1. The Morgan fingerprint density at radius 1 is 1.35 bits per heavy atom. The standard InChI is InChI=1S/C16H21N5OS/c1-20(2)10-12-6-3-4-9-21(12)16(22)13-11-23-15(19-13)14-17-7-5-8-18-14/h5,7-8,11-12H,3-4,6,9-10H2,1-2H3. The van der Waals surface area contributed by atoms with Crippen LogP contribution in [-0.4, -0.2) is 63.9 Å². The molecule has 3 heterocycles. The van der Waals surface area contributed by atoms with Gasteiger partial charge in [0.05, 0.1) is 0 Å². The van der Waals surface area contributed by atoms with Gasteiger partial charge in [-0.25, -0.2) is 15.0 Å². The molecule has 7 heteroatoms. The normalized spacial score (nSPS) is 18.4. The minimum Gasteiger partial charge on any atom is -0.333 e. The number of thiazole rings is 1. The molecule has 0 bridgehead atoms. The highest BCUT2D eigenvalue weighted by Gasteiger charge is 2.29. The number of rotatable bonds is 4. The summed E-state index contributed by atoms with van der Waals surface area (Å²) in [6, 6.07) is 2.03. The van der Waals surface area contributed by atoms with Crippen molar-refractivity contribution >= 4 is 17.2 Å². The Labute approximate surface area is 140 Å². The molecule has 3 rings (SSSR count). The van der Waals surface area contributed by atoms with Crippen molar-refractivity contribution in [3.05, 3.63) is 29.5 Å². The molecule has 0 N–H and O–H groups in total. The van der Waals surface area contributed by atoms with Gasteiger partial charge in [0.15, 0.2) is 10.8 Å². The van der Waals surface area contributed by atoms with Crippen LogP contribution in [-0.2, 0) is 0 Å². The van der Waals surface area contributed by atoms with Gasteiger partial charge < -0.3 is 9.80 Å². The van der Waals surface area contributed by atoms with E-state index in [1.165, 1.54) is 17.8 Å². The van der Waals surface area contributed by atoms with Crippen LogP contribution in [0, 0.1) is 0 Å². The van der Waals surface area contributed by atoms with E-state index in [4.69, 9.17) is 0 Å². The quantitative estimate of drug-likeness (QED) is 0.859. The largest absolute Gasteiger partial charge is 0.333 e. The zero-order valence-corrected chi connectivity index (χ0v) is 14.3. The third-order valence-corrected chi connectivity index (χ3v) is 4.78. The Bertz CT molecular complexity index is 658. The first-order chi connectivity index (χ1) is 11.1. The fourth-order valence-corrected chi connectivity index (χ4v) is 3.65. The van der Waals surface area contributed by atoms with Crippen LogP contribution < -0.4 is 0 Å². The molecule has 0 aliphatic carbocycles. The molecule has 1 fully saturated rings. The Balaban J connectivity index is 1.78. The lowest BCUT2D eigenvalue weighted by Gasteiger charge is -2.36. The van der Waals surface area contributed by atoms with Crippen molar-refractivity contribution in [1.29, 1.82) is 0 Å². The van der Waals surface area contributed by atoms with Crippen LogP contribution in [0.25, 0.3) is 10.8 Å². The highest BCUT2D eigenvalue weighted by Crippen LogP contribution is 2.24. The number of hydrogen-bond acceptors (Lipinski definition) is 6. The van der Waals surface area contributed by atoms with E-state index in [-0.39, 0.29) is 11.9 Å². The molecule has 1 amide bonds. The lowest BCUT2D eigenvalue weighted by atomic mass is 10.0. The van der Waals surface area contributed by atoms with Gasteiger partial charge in [0, 0.05) is 36.9 Å². The number of carbonyl (C=O) groups excluding carboxylic acids is 1. The van der Waals surface area contributed by atoms with Crippen LogP contribution in [0.15, 0.2) is 23.8 Å². The van der Waals surface area contributed by atoms with Crippen LogP contribution in [0.1, 0.15) is 29.8 Å². The van der Waals surface area contributed by atoms with E-state index in [0.717, 1.165) is 25.9 Å². The number of aromatic nitrogens is 3. The molecule has 6 nitrogen and oxygen atoms in total. The van der Waals surface area contributed by atoms with Crippen molar-refractivity contribution in [3.63, 3.8) is 0 Å². The molecule has 1 unspecified atom stereocenters. The van der Waals surface area contributed by atoms with Gasteiger partial charge in [-0.1, -0.05) is 0 Å². The first kappa shape index (κ1) is 16.0. The first-order valence-electron chi connectivity index (χ1n) is 7.84. The van der Waals surface area contributed by atoms with Gasteiger partial charge >= 0.3 is 0 Å². The number of amides is 1. The Kier molecular flexibility index (Phi) is 4.97. The predicted octanol–water partition coefficient (Wildman–Crippen LogP) is 2.16. The second kappa shape index (κ2) is 7.14. The summed E-state index contributed by atoms with van der Waals surface area (Å²) in [6.07, 6.45) is 6.67. The molecule has 1 atom stereocenters. The minimum atomic E-state index is 0.0231. The molecule has 2 aromatic rings. The summed E-state index contributed by atoms with van der Waals surface area (Å²) >= 11 is 1.42. The maximum atomic E-state index is 12.8. The van der Waals surface area contributed by atoms with E-state index < -0.39 is 0 Å². The average Bonchev–Trinajstić information content (AvgIpc) is 3.05. The van der Waals surface area contributed by atoms with Crippen molar-refractivity contribution in [2.45, 2.75) is 25.3 Å². The SMILES string of the molecule is CN(C)CC1CCCCN1C(=O)c1csc(-c2ncccn2)n1. The molecule has 122 valence electrons. The third-order valence-electron chi connectivity index (χ3n) is 3.94. The molecule has 1 saturated heterocycles. The second-order valence-electron chi connectivity index (χ2n) is 6.02. The molecule has 23 heavy (non-hydrogen) atoms. The molecule has 0 radical (unpaired) electrons. The molecule has 0 saturated carbocycles. The van der Waals surface area contributed by atoms with E-state index in [1.54, 1.807) is 18.5 Å². The zero-order chi connectivity index (χ0) is 16.2. The van der Waals surface area contributed by atoms with Gasteiger partial charge in [0.1, 0.15) is 5.69 Å². The predicted molar refractivity (Wildman–Crippen MR) is 90.4 cm³/mol. The van der Waals surface area contributed by atoms with E-state index in [2.05, 4.69) is 19.9 Å². The lowest BCUT2D eigenvalue weighted by molar-refractivity contribution is 0.0569. The monoisotopic (exact) mass is 331 g/mol. The van der Waals surface area contributed by atoms with Crippen LogP contribution in [0.5, 0.6) is 0 Å². The first-order valence-corrected chi connectivity index (χ1v) is 8.71. The Morgan fingerprint density at radius 2 is 2.13 bits per heavy atom. The van der Waals surface area contributed by atoms with Gasteiger partial charge in [-0.05, 0) is 39.4 Å². The van der Waals surface area contributed by atoms with E-state index >= 15 is 0 Å². The van der Waals surface area contributed by atoms with Gasteiger partial charge in [0.25, 0.3) is 5.91 Å². The molecule has 2 aromatic heterocycles. The molecular formula is C16H21N5OS. The Hall–Kier alpha value is -1.86. The summed E-state index contributed by atoms with van der Waals surface area (Å²) in [7, 11) is 4.09. The number of hydrogen-bond donors (Lipinski definition) is 0.